The number of hydrogen-bond donors (Lipinski definition) is 0. The van der Waals surface area contributed by atoms with E-state index in [1.54, 1.807) is 0 Å². The number of hydrogen-bond acceptors (Lipinski definition) is 0. The summed E-state index contributed by atoms with van der Waals surface area (Å²) in [5.74, 6) is 0. The molecule has 4 rings (SSSR count). The van der Waals surface area contributed by atoms with E-state index >= 15 is 0 Å². The highest BCUT2D eigenvalue weighted by atomic mass is 31.2. The first-order valence-electron chi connectivity index (χ1n) is 11.3. The fourth-order valence-corrected chi connectivity index (χ4v) is 6.47. The molecule has 0 aromatic heterocycles. The lowest BCUT2D eigenvalue weighted by Crippen LogP contribution is -1.94. The zero-order chi connectivity index (χ0) is 23.3. The maximum absolute atomic E-state index is 4.65. The van der Waals surface area contributed by atoms with Gasteiger partial charge in [-0.2, -0.15) is 0 Å². The molecule has 0 bridgehead atoms. The van der Waals surface area contributed by atoms with Crippen molar-refractivity contribution in [3.05, 3.63) is 156 Å². The lowest BCUT2D eigenvalue weighted by molar-refractivity contribution is 1.31. The minimum atomic E-state index is -1.37. The molecule has 4 aromatic rings. The van der Waals surface area contributed by atoms with Crippen LogP contribution in [0.15, 0.2) is 122 Å². The predicted octanol–water partition coefficient (Wildman–Crippen LogP) is 8.59. The van der Waals surface area contributed by atoms with Crippen molar-refractivity contribution in [2.75, 3.05) is 6.66 Å². The predicted molar refractivity (Wildman–Crippen MR) is 149 cm³/mol. The SMILES string of the molecule is C=C(c1ccccc1)c1ccc(CP(=C)(C)Cc2ccc(C(=C)c3ccccc3)cc2)cc1. The van der Waals surface area contributed by atoms with Gasteiger partial charge in [-0.3, -0.25) is 0 Å². The largest absolute Gasteiger partial charge is 0.106 e. The molecule has 0 unspecified atom stereocenters. The van der Waals surface area contributed by atoms with Crippen LogP contribution in [-0.4, -0.2) is 13.0 Å². The molecule has 0 amide bonds. The van der Waals surface area contributed by atoms with Crippen molar-refractivity contribution >= 4 is 24.3 Å². The summed E-state index contributed by atoms with van der Waals surface area (Å²) in [4.78, 5) is 0. The van der Waals surface area contributed by atoms with Gasteiger partial charge in [0.15, 0.2) is 0 Å². The Morgan fingerprint density at radius 3 is 1.15 bits per heavy atom. The van der Waals surface area contributed by atoms with Crippen molar-refractivity contribution in [3.8, 4) is 0 Å². The summed E-state index contributed by atoms with van der Waals surface area (Å²) in [6.07, 6.45) is 6.71. The first kappa shape index (κ1) is 22.8. The van der Waals surface area contributed by atoms with E-state index in [0.717, 1.165) is 34.6 Å². The summed E-state index contributed by atoms with van der Waals surface area (Å²) >= 11 is 0. The third kappa shape index (κ3) is 5.92. The van der Waals surface area contributed by atoms with Gasteiger partial charge in [0.05, 0.1) is 0 Å². The maximum Gasteiger partial charge on any atom is -0.00789 e. The average molecular weight is 447 g/mol. The minimum absolute atomic E-state index is 1.03. The topological polar surface area (TPSA) is 0 Å². The Morgan fingerprint density at radius 2 is 0.818 bits per heavy atom. The first-order valence-corrected chi connectivity index (χ1v) is 14.1. The Labute approximate surface area is 198 Å². The summed E-state index contributed by atoms with van der Waals surface area (Å²) in [7, 11) is 0. The minimum Gasteiger partial charge on any atom is -0.106 e. The summed E-state index contributed by atoms with van der Waals surface area (Å²) in [5.41, 5.74) is 9.49. The molecule has 0 atom stereocenters. The second-order valence-electron chi connectivity index (χ2n) is 9.02. The zero-order valence-electron chi connectivity index (χ0n) is 19.4. The molecule has 0 N–H and O–H groups in total. The molecular formula is C32H31P. The Balaban J connectivity index is 1.40. The van der Waals surface area contributed by atoms with E-state index in [1.165, 1.54) is 22.3 Å². The Hall–Kier alpha value is -3.34. The Kier molecular flexibility index (Phi) is 6.97. The quantitative estimate of drug-likeness (QED) is 0.238. The van der Waals surface area contributed by atoms with Crippen molar-refractivity contribution < 1.29 is 0 Å². The second kappa shape index (κ2) is 10.1. The molecular weight excluding hydrogens is 415 g/mol. The van der Waals surface area contributed by atoms with E-state index in [0.29, 0.717) is 0 Å². The number of rotatable bonds is 8. The summed E-state index contributed by atoms with van der Waals surface area (Å²) in [6.45, 7) is 9.54. The molecule has 1 heteroatoms. The molecule has 4 aromatic carbocycles. The number of benzene rings is 4. The van der Waals surface area contributed by atoms with Gasteiger partial charge in [0.25, 0.3) is 0 Å². The molecule has 0 nitrogen and oxygen atoms in total. The highest BCUT2D eigenvalue weighted by Crippen LogP contribution is 2.48. The molecule has 0 aliphatic rings. The lowest BCUT2D eigenvalue weighted by atomic mass is 9.99. The van der Waals surface area contributed by atoms with Gasteiger partial charge in [-0.1, -0.05) is 122 Å². The molecule has 0 radical (unpaired) electrons. The van der Waals surface area contributed by atoms with Crippen LogP contribution in [-0.2, 0) is 12.3 Å². The van der Waals surface area contributed by atoms with Gasteiger partial charge < -0.3 is 0 Å². The van der Waals surface area contributed by atoms with Crippen LogP contribution in [0.3, 0.4) is 0 Å². The Bertz CT molecular complexity index is 1180. The maximum atomic E-state index is 4.65. The van der Waals surface area contributed by atoms with Crippen molar-refractivity contribution in [3.63, 3.8) is 0 Å². The summed E-state index contributed by atoms with van der Waals surface area (Å²) < 4.78 is 0. The molecule has 0 aliphatic heterocycles. The van der Waals surface area contributed by atoms with Crippen molar-refractivity contribution in [1.82, 2.24) is 0 Å². The van der Waals surface area contributed by atoms with Crippen LogP contribution in [0.25, 0.3) is 11.1 Å². The van der Waals surface area contributed by atoms with Crippen LogP contribution < -0.4 is 0 Å². The highest BCUT2D eigenvalue weighted by Gasteiger charge is 2.12. The van der Waals surface area contributed by atoms with Crippen molar-refractivity contribution in [2.24, 2.45) is 0 Å². The molecule has 0 heterocycles. The van der Waals surface area contributed by atoms with Crippen LogP contribution in [0.5, 0.6) is 0 Å². The molecule has 0 saturated heterocycles. The normalized spacial score (nSPS) is 11.2. The van der Waals surface area contributed by atoms with Gasteiger partial charge in [0, 0.05) is 0 Å². The van der Waals surface area contributed by atoms with E-state index < -0.39 is 6.89 Å². The van der Waals surface area contributed by atoms with Crippen LogP contribution >= 0.6 is 6.89 Å². The van der Waals surface area contributed by atoms with E-state index in [-0.39, 0.29) is 0 Å². The summed E-state index contributed by atoms with van der Waals surface area (Å²) in [5, 5.41) is 0. The van der Waals surface area contributed by atoms with Crippen LogP contribution in [0, 0.1) is 0 Å². The first-order chi connectivity index (χ1) is 15.9. The second-order valence-corrected chi connectivity index (χ2v) is 12.9. The molecule has 0 aliphatic carbocycles. The van der Waals surface area contributed by atoms with Crippen LogP contribution in [0.2, 0.25) is 0 Å². The van der Waals surface area contributed by atoms with E-state index in [9.17, 15) is 0 Å². The molecule has 0 spiro atoms. The third-order valence-electron chi connectivity index (χ3n) is 5.98. The average Bonchev–Trinajstić information content (AvgIpc) is 2.85. The van der Waals surface area contributed by atoms with E-state index in [4.69, 9.17) is 0 Å². The van der Waals surface area contributed by atoms with Gasteiger partial charge in [-0.05, 0) is 63.5 Å². The molecule has 0 saturated carbocycles. The molecule has 0 fully saturated rings. The highest BCUT2D eigenvalue weighted by molar-refractivity contribution is 7.71. The van der Waals surface area contributed by atoms with Crippen LogP contribution in [0.1, 0.15) is 33.4 Å². The van der Waals surface area contributed by atoms with Gasteiger partial charge >= 0.3 is 0 Å². The van der Waals surface area contributed by atoms with E-state index in [1.807, 2.05) is 12.1 Å². The van der Waals surface area contributed by atoms with Gasteiger partial charge in [-0.25, -0.2) is 0 Å². The third-order valence-corrected chi connectivity index (χ3v) is 8.24. The fourth-order valence-electron chi connectivity index (χ4n) is 4.17. The van der Waals surface area contributed by atoms with Crippen molar-refractivity contribution in [1.29, 1.82) is 0 Å². The Morgan fingerprint density at radius 1 is 0.515 bits per heavy atom. The fraction of sp³-hybridized carbons (Fsp3) is 0.0938. The standard InChI is InChI=1S/C32H31P/c1-25(29-11-7-5-8-12-29)31-19-15-27(16-20-31)23-33(3,4)24-28-17-21-32(22-18-28)26(2)30-13-9-6-10-14-30/h5-22H,1-3,23-24H2,4H3. The smallest absolute Gasteiger partial charge is 0.00789 e. The molecule has 164 valence electrons. The molecule has 33 heavy (non-hydrogen) atoms. The van der Waals surface area contributed by atoms with Gasteiger partial charge in [-0.15, -0.1) is 13.2 Å². The van der Waals surface area contributed by atoms with Crippen molar-refractivity contribution in [2.45, 2.75) is 12.3 Å². The van der Waals surface area contributed by atoms with Gasteiger partial charge in [0.1, 0.15) is 0 Å². The van der Waals surface area contributed by atoms with E-state index in [2.05, 4.69) is 123 Å². The summed E-state index contributed by atoms with van der Waals surface area (Å²) in [6, 6.07) is 38.4. The van der Waals surface area contributed by atoms with Crippen LogP contribution in [0.4, 0.5) is 0 Å². The monoisotopic (exact) mass is 446 g/mol. The van der Waals surface area contributed by atoms with Gasteiger partial charge in [0.2, 0.25) is 0 Å². The zero-order valence-corrected chi connectivity index (χ0v) is 20.3. The lowest BCUT2D eigenvalue weighted by Gasteiger charge is -2.20.